The number of pyridine rings is 1. The quantitative estimate of drug-likeness (QED) is 0.337. The lowest BCUT2D eigenvalue weighted by Gasteiger charge is -2.23. The van der Waals surface area contributed by atoms with Gasteiger partial charge in [-0.1, -0.05) is 45.0 Å². The third kappa shape index (κ3) is 7.43. The number of nitriles is 2. The molecule has 0 spiro atoms. The molecule has 0 saturated heterocycles. The molecule has 2 rings (SSSR count). The largest absolute Gasteiger partial charge is 0.463 e. The van der Waals surface area contributed by atoms with Crippen LogP contribution in [0.15, 0.2) is 29.3 Å². The molecule has 0 fully saturated rings. The first kappa shape index (κ1) is 28.1. The van der Waals surface area contributed by atoms with Gasteiger partial charge < -0.3 is 20.7 Å². The average Bonchev–Trinajstić information content (AvgIpc) is 2.86. The van der Waals surface area contributed by atoms with Crippen LogP contribution < -0.4 is 16.0 Å². The zero-order valence-electron chi connectivity index (χ0n) is 21.1. The highest BCUT2D eigenvalue weighted by Gasteiger charge is 2.22. The molecule has 1 unspecified atom stereocenters. The lowest BCUT2D eigenvalue weighted by molar-refractivity contribution is -0.145. The van der Waals surface area contributed by atoms with E-state index in [0.717, 1.165) is 12.1 Å². The highest BCUT2D eigenvalue weighted by Crippen LogP contribution is 2.33. The average molecular weight is 495 g/mol. The lowest BCUT2D eigenvalue weighted by Crippen LogP contribution is -2.38. The van der Waals surface area contributed by atoms with Crippen LogP contribution in [0.3, 0.4) is 0 Å². The zero-order chi connectivity index (χ0) is 26.0. The smallest absolute Gasteiger partial charge is 0.323 e. The van der Waals surface area contributed by atoms with Crippen molar-refractivity contribution in [1.29, 1.82) is 10.5 Å². The van der Waals surface area contributed by atoms with Crippen molar-refractivity contribution in [2.24, 2.45) is 11.7 Å². The number of nitrogens with zero attached hydrogens (tertiary/aromatic N) is 4. The Kier molecular flexibility index (Phi) is 11.0. The molecule has 2 aromatic rings. The molecule has 0 aliphatic heterocycles. The van der Waals surface area contributed by atoms with E-state index in [1.54, 1.807) is 11.9 Å². The standard InChI is InChI=1S/C26H34N6O2S/c1-6-20-21(13-27)24(32(5)11-12-34-26(33)23(29)17(2)3)31-25(22(20)14-28)35-16-19-9-7-18(8-10-19)15-30-4/h7-10,17,23,30H,6,11-12,15-16,29H2,1-5H3. The van der Waals surface area contributed by atoms with E-state index in [9.17, 15) is 15.3 Å². The van der Waals surface area contributed by atoms with Crippen molar-refractivity contribution in [1.82, 2.24) is 10.3 Å². The summed E-state index contributed by atoms with van der Waals surface area (Å²) >= 11 is 1.47. The highest BCUT2D eigenvalue weighted by molar-refractivity contribution is 7.98. The molecule has 0 saturated carbocycles. The Labute approximate surface area is 212 Å². The highest BCUT2D eigenvalue weighted by atomic mass is 32.2. The number of carbonyl (C=O) groups is 1. The SMILES string of the molecule is CCc1c(C#N)c(SCc2ccc(CNC)cc2)nc(N(C)CCOC(=O)C(N)C(C)C)c1C#N. The molecule has 0 bridgehead atoms. The summed E-state index contributed by atoms with van der Waals surface area (Å²) in [6.07, 6.45) is 0.527. The van der Waals surface area contributed by atoms with Crippen molar-refractivity contribution >= 4 is 23.5 Å². The molecule has 0 aliphatic carbocycles. The van der Waals surface area contributed by atoms with E-state index < -0.39 is 12.0 Å². The monoisotopic (exact) mass is 494 g/mol. The first-order valence-electron chi connectivity index (χ1n) is 11.6. The maximum atomic E-state index is 12.1. The minimum Gasteiger partial charge on any atom is -0.463 e. The van der Waals surface area contributed by atoms with Crippen LogP contribution in [0.1, 0.15) is 48.6 Å². The predicted molar refractivity (Wildman–Crippen MR) is 139 cm³/mol. The molecule has 9 heteroatoms. The van der Waals surface area contributed by atoms with Crippen molar-refractivity contribution < 1.29 is 9.53 Å². The minimum absolute atomic E-state index is 0.0168. The van der Waals surface area contributed by atoms with Gasteiger partial charge in [0.15, 0.2) is 0 Å². The summed E-state index contributed by atoms with van der Waals surface area (Å²) in [5.74, 6) is 0.647. The molecule has 1 aromatic carbocycles. The number of benzene rings is 1. The molecule has 186 valence electrons. The number of hydrogen-bond donors (Lipinski definition) is 2. The summed E-state index contributed by atoms with van der Waals surface area (Å²) in [4.78, 5) is 18.6. The molecule has 35 heavy (non-hydrogen) atoms. The summed E-state index contributed by atoms with van der Waals surface area (Å²) in [6.45, 7) is 6.90. The van der Waals surface area contributed by atoms with Crippen molar-refractivity contribution in [3.05, 3.63) is 52.1 Å². The summed E-state index contributed by atoms with van der Waals surface area (Å²) < 4.78 is 5.32. The van der Waals surface area contributed by atoms with Crippen molar-refractivity contribution in [3.63, 3.8) is 0 Å². The summed E-state index contributed by atoms with van der Waals surface area (Å²) in [7, 11) is 3.70. The maximum absolute atomic E-state index is 12.1. The zero-order valence-corrected chi connectivity index (χ0v) is 21.9. The van der Waals surface area contributed by atoms with Gasteiger partial charge in [-0.3, -0.25) is 4.79 Å². The second-order valence-corrected chi connectivity index (χ2v) is 9.50. The van der Waals surface area contributed by atoms with Gasteiger partial charge in [-0.05, 0) is 36.1 Å². The number of esters is 1. The molecule has 0 radical (unpaired) electrons. The Hall–Kier alpha value is -3.11. The van der Waals surface area contributed by atoms with E-state index in [4.69, 9.17) is 15.5 Å². The van der Waals surface area contributed by atoms with E-state index in [0.29, 0.717) is 46.3 Å². The fourth-order valence-corrected chi connectivity index (χ4v) is 4.39. The number of nitrogens with one attached hydrogen (secondary N) is 1. The Morgan fingerprint density at radius 1 is 1.20 bits per heavy atom. The lowest BCUT2D eigenvalue weighted by atomic mass is 10.0. The van der Waals surface area contributed by atoms with Crippen LogP contribution in [-0.4, -0.2) is 44.2 Å². The van der Waals surface area contributed by atoms with Crippen LogP contribution in [0.2, 0.25) is 0 Å². The van der Waals surface area contributed by atoms with E-state index in [1.165, 1.54) is 17.3 Å². The van der Waals surface area contributed by atoms with Crippen molar-refractivity contribution in [2.45, 2.75) is 50.6 Å². The number of thioether (sulfide) groups is 1. The van der Waals surface area contributed by atoms with Crippen LogP contribution in [0.5, 0.6) is 0 Å². The molecule has 1 aromatic heterocycles. The Morgan fingerprint density at radius 3 is 2.37 bits per heavy atom. The van der Waals surface area contributed by atoms with E-state index in [-0.39, 0.29) is 12.5 Å². The molecule has 8 nitrogen and oxygen atoms in total. The van der Waals surface area contributed by atoms with Gasteiger partial charge in [0, 0.05) is 19.3 Å². The number of nitrogens with two attached hydrogens (primary N) is 1. The first-order chi connectivity index (χ1) is 16.8. The molecule has 1 atom stereocenters. The van der Waals surface area contributed by atoms with Gasteiger partial charge in [-0.25, -0.2) is 4.98 Å². The minimum atomic E-state index is -0.676. The number of aromatic nitrogens is 1. The summed E-state index contributed by atoms with van der Waals surface area (Å²) in [6, 6.07) is 12.1. The van der Waals surface area contributed by atoms with Gasteiger partial charge >= 0.3 is 5.97 Å². The number of hydrogen-bond acceptors (Lipinski definition) is 9. The number of anilines is 1. The first-order valence-corrected chi connectivity index (χ1v) is 12.6. The molecular formula is C26H34N6O2S. The van der Waals surface area contributed by atoms with Crippen LogP contribution >= 0.6 is 11.8 Å². The topological polar surface area (TPSA) is 128 Å². The number of rotatable bonds is 12. The number of carbonyl (C=O) groups excluding carboxylic acids is 1. The second-order valence-electron chi connectivity index (χ2n) is 8.54. The Morgan fingerprint density at radius 2 is 1.83 bits per heavy atom. The number of likely N-dealkylation sites (N-methyl/N-ethyl adjacent to an activating group) is 1. The van der Waals surface area contributed by atoms with Crippen LogP contribution in [-0.2, 0) is 28.2 Å². The predicted octanol–water partition coefficient (Wildman–Crippen LogP) is 3.36. The molecule has 0 aliphatic rings. The fourth-order valence-electron chi connectivity index (χ4n) is 3.43. The van der Waals surface area contributed by atoms with Gasteiger partial charge in [0.05, 0.1) is 17.7 Å². The summed E-state index contributed by atoms with van der Waals surface area (Å²) in [5.41, 5.74) is 9.65. The van der Waals surface area contributed by atoms with E-state index >= 15 is 0 Å². The summed E-state index contributed by atoms with van der Waals surface area (Å²) in [5, 5.41) is 23.5. The van der Waals surface area contributed by atoms with E-state index in [2.05, 4.69) is 41.7 Å². The molecule has 1 heterocycles. The van der Waals surface area contributed by atoms with Gasteiger partial charge in [0.2, 0.25) is 0 Å². The molecule has 3 N–H and O–H groups in total. The normalized spacial score (nSPS) is 11.6. The third-order valence-corrected chi connectivity index (χ3v) is 6.67. The Balaban J connectivity index is 2.26. The van der Waals surface area contributed by atoms with Crippen LogP contribution in [0.25, 0.3) is 0 Å². The fraction of sp³-hybridized carbons (Fsp3) is 0.462. The van der Waals surface area contributed by atoms with Gasteiger partial charge in [0.25, 0.3) is 0 Å². The third-order valence-electron chi connectivity index (χ3n) is 5.63. The molecule has 0 amide bonds. The van der Waals surface area contributed by atoms with Gasteiger partial charge in [-0.15, -0.1) is 11.8 Å². The number of ether oxygens (including phenoxy) is 1. The van der Waals surface area contributed by atoms with Crippen molar-refractivity contribution in [3.8, 4) is 12.1 Å². The molecular weight excluding hydrogens is 460 g/mol. The van der Waals surface area contributed by atoms with Crippen molar-refractivity contribution in [2.75, 3.05) is 32.1 Å². The van der Waals surface area contributed by atoms with Crippen LogP contribution in [0, 0.1) is 28.6 Å². The maximum Gasteiger partial charge on any atom is 0.323 e. The Bertz CT molecular complexity index is 1090. The van der Waals surface area contributed by atoms with E-state index in [1.807, 2.05) is 27.8 Å². The van der Waals surface area contributed by atoms with Gasteiger partial charge in [-0.2, -0.15) is 10.5 Å². The second kappa shape index (κ2) is 13.7. The van der Waals surface area contributed by atoms with Crippen LogP contribution in [0.4, 0.5) is 5.82 Å². The van der Waals surface area contributed by atoms with Gasteiger partial charge in [0.1, 0.15) is 35.6 Å².